The molecular weight excluding hydrogens is 242 g/mol. The predicted molar refractivity (Wildman–Crippen MR) is 75.3 cm³/mol. The van der Waals surface area contributed by atoms with E-state index in [2.05, 4.69) is 29.2 Å². The minimum absolute atomic E-state index is 0.362. The normalized spacial score (nSPS) is 23.7. The van der Waals surface area contributed by atoms with Gasteiger partial charge in [-0.25, -0.2) is 0 Å². The number of carboxylic acids is 1. The monoisotopic (exact) mass is 269 g/mol. The molecule has 2 N–H and O–H groups in total. The zero-order valence-electron chi connectivity index (χ0n) is 12.1. The molecule has 1 aliphatic carbocycles. The Balaban J connectivity index is 1.68. The van der Waals surface area contributed by atoms with Crippen molar-refractivity contribution in [1.29, 1.82) is 0 Å². The molecule has 0 aromatic heterocycles. The lowest BCUT2D eigenvalue weighted by atomic mass is 10.0. The van der Waals surface area contributed by atoms with Gasteiger partial charge in [-0.05, 0) is 59.3 Å². The van der Waals surface area contributed by atoms with Crippen LogP contribution in [0.2, 0.25) is 0 Å². The van der Waals surface area contributed by atoms with Crippen molar-refractivity contribution in [3.05, 3.63) is 0 Å². The summed E-state index contributed by atoms with van der Waals surface area (Å²) in [4.78, 5) is 15.9. The van der Waals surface area contributed by atoms with Crippen LogP contribution in [0.25, 0.3) is 0 Å². The molecular formula is C14H27N3O2. The first-order valence-corrected chi connectivity index (χ1v) is 7.44. The molecule has 0 aromatic rings. The topological polar surface area (TPSA) is 55.8 Å². The van der Waals surface area contributed by atoms with Crippen LogP contribution in [0.1, 0.15) is 32.1 Å². The lowest BCUT2D eigenvalue weighted by Crippen LogP contribution is -2.45. The van der Waals surface area contributed by atoms with Gasteiger partial charge in [0.05, 0.1) is 0 Å². The van der Waals surface area contributed by atoms with Gasteiger partial charge in [0.1, 0.15) is 6.04 Å². The van der Waals surface area contributed by atoms with E-state index in [-0.39, 0.29) is 6.04 Å². The number of likely N-dealkylation sites (tertiary alicyclic amines) is 1. The maximum atomic E-state index is 11.2. The number of piperidine rings is 1. The Labute approximate surface area is 115 Å². The molecule has 19 heavy (non-hydrogen) atoms. The zero-order valence-corrected chi connectivity index (χ0v) is 12.1. The number of rotatable bonds is 7. The lowest BCUT2D eigenvalue weighted by molar-refractivity contribution is -0.139. The summed E-state index contributed by atoms with van der Waals surface area (Å²) < 4.78 is 0. The summed E-state index contributed by atoms with van der Waals surface area (Å²) in [5.74, 6) is -0.699. The fraction of sp³-hybridized carbons (Fsp3) is 0.929. The number of carboxylic acid groups (broad SMARTS) is 1. The van der Waals surface area contributed by atoms with Gasteiger partial charge in [-0.1, -0.05) is 0 Å². The van der Waals surface area contributed by atoms with Gasteiger partial charge in [-0.2, -0.15) is 0 Å². The van der Waals surface area contributed by atoms with Crippen LogP contribution < -0.4 is 5.32 Å². The smallest absolute Gasteiger partial charge is 0.320 e. The highest BCUT2D eigenvalue weighted by molar-refractivity contribution is 5.73. The molecule has 0 bridgehead atoms. The molecule has 2 aliphatic rings. The van der Waals surface area contributed by atoms with Gasteiger partial charge in [-0.15, -0.1) is 0 Å². The van der Waals surface area contributed by atoms with E-state index in [1.165, 1.54) is 12.8 Å². The number of hydrogen-bond donors (Lipinski definition) is 2. The summed E-state index contributed by atoms with van der Waals surface area (Å²) in [5, 5.41) is 12.4. The predicted octanol–water partition coefficient (Wildman–Crippen LogP) is 0.608. The van der Waals surface area contributed by atoms with E-state index < -0.39 is 5.97 Å². The molecule has 1 heterocycles. The summed E-state index contributed by atoms with van der Waals surface area (Å²) >= 11 is 0. The highest BCUT2D eigenvalue weighted by Crippen LogP contribution is 2.20. The van der Waals surface area contributed by atoms with E-state index in [9.17, 15) is 9.90 Å². The SMILES string of the molecule is CN(C)C1CCN(CCC(NC2CC2)C(=O)O)CC1. The number of aliphatic carboxylic acids is 1. The maximum Gasteiger partial charge on any atom is 0.320 e. The fourth-order valence-electron chi connectivity index (χ4n) is 2.78. The maximum absolute atomic E-state index is 11.2. The van der Waals surface area contributed by atoms with Crippen molar-refractivity contribution in [2.45, 2.75) is 50.2 Å². The number of nitrogens with one attached hydrogen (secondary N) is 1. The second-order valence-electron chi connectivity index (χ2n) is 6.16. The third-order valence-electron chi connectivity index (χ3n) is 4.33. The van der Waals surface area contributed by atoms with Crippen molar-refractivity contribution in [3.8, 4) is 0 Å². The van der Waals surface area contributed by atoms with E-state index in [4.69, 9.17) is 0 Å². The van der Waals surface area contributed by atoms with Crippen LogP contribution in [0.4, 0.5) is 0 Å². The van der Waals surface area contributed by atoms with Gasteiger partial charge in [0.25, 0.3) is 0 Å². The van der Waals surface area contributed by atoms with Crippen molar-refractivity contribution in [2.24, 2.45) is 0 Å². The Kier molecular flexibility index (Phi) is 5.19. The number of hydrogen-bond acceptors (Lipinski definition) is 4. The van der Waals surface area contributed by atoms with Gasteiger partial charge in [0, 0.05) is 18.6 Å². The van der Waals surface area contributed by atoms with Gasteiger partial charge in [0.15, 0.2) is 0 Å². The second kappa shape index (κ2) is 6.68. The molecule has 5 nitrogen and oxygen atoms in total. The van der Waals surface area contributed by atoms with Crippen LogP contribution in [-0.2, 0) is 4.79 Å². The molecule has 110 valence electrons. The Morgan fingerprint density at radius 1 is 1.32 bits per heavy atom. The third kappa shape index (κ3) is 4.75. The van der Waals surface area contributed by atoms with Crippen molar-refractivity contribution < 1.29 is 9.90 Å². The molecule has 0 radical (unpaired) electrons. The van der Waals surface area contributed by atoms with E-state index in [1.807, 2.05) is 0 Å². The van der Waals surface area contributed by atoms with Gasteiger partial charge >= 0.3 is 5.97 Å². The average molecular weight is 269 g/mol. The minimum atomic E-state index is -0.699. The van der Waals surface area contributed by atoms with Crippen LogP contribution in [0.15, 0.2) is 0 Å². The van der Waals surface area contributed by atoms with Crippen LogP contribution in [-0.4, -0.2) is 72.7 Å². The Morgan fingerprint density at radius 3 is 2.42 bits per heavy atom. The van der Waals surface area contributed by atoms with Crippen molar-refractivity contribution in [2.75, 3.05) is 33.7 Å². The number of nitrogens with zero attached hydrogens (tertiary/aromatic N) is 2. The molecule has 1 saturated heterocycles. The Morgan fingerprint density at radius 2 is 1.95 bits per heavy atom. The molecule has 1 atom stereocenters. The summed E-state index contributed by atoms with van der Waals surface area (Å²) in [5.41, 5.74) is 0. The first-order chi connectivity index (χ1) is 9.06. The van der Waals surface area contributed by atoms with Gasteiger partial charge < -0.3 is 20.2 Å². The number of carbonyl (C=O) groups is 1. The first-order valence-electron chi connectivity index (χ1n) is 7.44. The van der Waals surface area contributed by atoms with Gasteiger partial charge in [0.2, 0.25) is 0 Å². The second-order valence-corrected chi connectivity index (χ2v) is 6.16. The molecule has 5 heteroatoms. The minimum Gasteiger partial charge on any atom is -0.480 e. The van der Waals surface area contributed by atoms with E-state index >= 15 is 0 Å². The summed E-state index contributed by atoms with van der Waals surface area (Å²) in [6, 6.07) is 0.788. The molecule has 0 spiro atoms. The third-order valence-corrected chi connectivity index (χ3v) is 4.33. The van der Waals surface area contributed by atoms with Crippen LogP contribution in [0, 0.1) is 0 Å². The van der Waals surface area contributed by atoms with Crippen LogP contribution in [0.3, 0.4) is 0 Å². The largest absolute Gasteiger partial charge is 0.480 e. The van der Waals surface area contributed by atoms with Crippen LogP contribution in [0.5, 0.6) is 0 Å². The molecule has 1 aliphatic heterocycles. The van der Waals surface area contributed by atoms with Crippen molar-refractivity contribution >= 4 is 5.97 Å². The van der Waals surface area contributed by atoms with E-state index in [0.29, 0.717) is 12.1 Å². The highest BCUT2D eigenvalue weighted by Gasteiger charge is 2.29. The summed E-state index contributed by atoms with van der Waals surface area (Å²) in [6.07, 6.45) is 5.38. The fourth-order valence-corrected chi connectivity index (χ4v) is 2.78. The molecule has 0 amide bonds. The highest BCUT2D eigenvalue weighted by atomic mass is 16.4. The van der Waals surface area contributed by atoms with Crippen molar-refractivity contribution in [1.82, 2.24) is 15.1 Å². The van der Waals surface area contributed by atoms with Crippen molar-refractivity contribution in [3.63, 3.8) is 0 Å². The molecule has 1 saturated carbocycles. The Bertz CT molecular complexity index is 297. The quantitative estimate of drug-likeness (QED) is 0.709. The molecule has 0 aromatic carbocycles. The van der Waals surface area contributed by atoms with Gasteiger partial charge in [-0.3, -0.25) is 4.79 Å². The lowest BCUT2D eigenvalue weighted by Gasteiger charge is -2.35. The first kappa shape index (κ1) is 14.8. The van der Waals surface area contributed by atoms with E-state index in [1.54, 1.807) is 0 Å². The average Bonchev–Trinajstić information content (AvgIpc) is 3.18. The standard InChI is InChI=1S/C14H27N3O2/c1-16(2)12-5-8-17(9-6-12)10-7-13(14(18)19)15-11-3-4-11/h11-13,15H,3-10H2,1-2H3,(H,18,19). The van der Waals surface area contributed by atoms with Crippen LogP contribution >= 0.6 is 0 Å². The Hall–Kier alpha value is -0.650. The molecule has 2 rings (SSSR count). The summed E-state index contributed by atoms with van der Waals surface area (Å²) in [6.45, 7) is 3.09. The molecule has 1 unspecified atom stereocenters. The van der Waals surface area contributed by atoms with E-state index in [0.717, 1.165) is 38.9 Å². The summed E-state index contributed by atoms with van der Waals surface area (Å²) in [7, 11) is 4.28. The molecule has 2 fully saturated rings. The zero-order chi connectivity index (χ0) is 13.8.